The molecule has 3 aromatic heterocycles. The molecule has 0 fully saturated rings. The van der Waals surface area contributed by atoms with Crippen molar-refractivity contribution in [3.05, 3.63) is 57.7 Å². The molecule has 0 aliphatic carbocycles. The molecule has 5 rings (SSSR count). The number of anilines is 1. The van der Waals surface area contributed by atoms with Gasteiger partial charge in [0.25, 0.3) is 5.56 Å². The van der Waals surface area contributed by atoms with Crippen LogP contribution in [0.25, 0.3) is 16.7 Å². The normalized spacial score (nSPS) is 15.5. The molecule has 1 aliphatic rings. The minimum Gasteiger partial charge on any atom is -0.360 e. The van der Waals surface area contributed by atoms with Crippen molar-refractivity contribution in [3.8, 4) is 5.69 Å². The molecular weight excluding hydrogens is 428 g/mol. The number of hydrogen-bond acceptors (Lipinski definition) is 7. The number of aryl methyl sites for hydroxylation is 1. The monoisotopic (exact) mass is 442 g/mol. The fourth-order valence-corrected chi connectivity index (χ4v) is 4.73. The van der Waals surface area contributed by atoms with E-state index in [2.05, 4.69) is 20.6 Å². The fraction of sp³-hybridized carbons (Fsp3) is 0.211. The van der Waals surface area contributed by atoms with Crippen LogP contribution in [0, 0.1) is 6.92 Å². The Morgan fingerprint density at radius 3 is 3.03 bits per heavy atom. The second kappa shape index (κ2) is 7.29. The van der Waals surface area contributed by atoms with Gasteiger partial charge in [-0.3, -0.25) is 14.2 Å². The zero-order valence-corrected chi connectivity index (χ0v) is 17.3. The first kappa shape index (κ1) is 18.9. The number of rotatable bonds is 4. The van der Waals surface area contributed by atoms with Crippen molar-refractivity contribution in [1.29, 1.82) is 0 Å². The number of hydrogen-bond donors (Lipinski definition) is 1. The maximum Gasteiger partial charge on any atom is 0.265 e. The Balaban J connectivity index is 1.47. The summed E-state index contributed by atoms with van der Waals surface area (Å²) in [6.45, 7) is 1.74. The summed E-state index contributed by atoms with van der Waals surface area (Å²) >= 11 is 7.52. The third kappa shape index (κ3) is 3.27. The second-order valence-corrected chi connectivity index (χ2v) is 8.31. The zero-order valence-electron chi connectivity index (χ0n) is 15.7. The first-order chi connectivity index (χ1) is 14.5. The molecular formula is C19H15ClN6O3S. The van der Waals surface area contributed by atoms with Crippen molar-refractivity contribution < 1.29 is 9.32 Å². The van der Waals surface area contributed by atoms with Crippen molar-refractivity contribution in [2.24, 2.45) is 0 Å². The van der Waals surface area contributed by atoms with Gasteiger partial charge in [-0.1, -0.05) is 34.6 Å². The Kier molecular flexibility index (Phi) is 4.59. The number of halogens is 1. The highest BCUT2D eigenvalue weighted by atomic mass is 35.5. The van der Waals surface area contributed by atoms with Gasteiger partial charge in [-0.15, -0.1) is 0 Å². The molecule has 1 aliphatic heterocycles. The average Bonchev–Trinajstić information content (AvgIpc) is 3.41. The summed E-state index contributed by atoms with van der Waals surface area (Å²) < 4.78 is 8.12. The van der Waals surface area contributed by atoms with E-state index >= 15 is 0 Å². The van der Waals surface area contributed by atoms with E-state index in [1.54, 1.807) is 34.4 Å². The van der Waals surface area contributed by atoms with Crippen LogP contribution in [0.3, 0.4) is 0 Å². The topological polar surface area (TPSA) is 108 Å². The van der Waals surface area contributed by atoms with E-state index in [0.29, 0.717) is 38.5 Å². The van der Waals surface area contributed by atoms with E-state index in [9.17, 15) is 9.59 Å². The van der Waals surface area contributed by atoms with Gasteiger partial charge in [-0.05, 0) is 25.1 Å². The molecule has 1 atom stereocenters. The lowest BCUT2D eigenvalue weighted by atomic mass is 10.2. The molecule has 0 bridgehead atoms. The molecule has 0 spiro atoms. The maximum atomic E-state index is 13.2. The summed E-state index contributed by atoms with van der Waals surface area (Å²) in [7, 11) is 0. The number of thioether (sulfide) groups is 1. The third-order valence-corrected chi connectivity index (χ3v) is 6.07. The number of aromatic nitrogens is 5. The van der Waals surface area contributed by atoms with Gasteiger partial charge in [0.1, 0.15) is 11.1 Å². The molecule has 0 radical (unpaired) electrons. The van der Waals surface area contributed by atoms with E-state index in [1.165, 1.54) is 18.0 Å². The first-order valence-corrected chi connectivity index (χ1v) is 10.5. The minimum absolute atomic E-state index is 0.126. The molecule has 9 nitrogen and oxygen atoms in total. The van der Waals surface area contributed by atoms with E-state index in [1.807, 2.05) is 12.1 Å². The maximum absolute atomic E-state index is 13.2. The summed E-state index contributed by atoms with van der Waals surface area (Å²) in [4.78, 5) is 30.2. The Morgan fingerprint density at radius 1 is 1.40 bits per heavy atom. The number of nitrogens with one attached hydrogen (secondary N) is 1. The van der Waals surface area contributed by atoms with E-state index in [4.69, 9.17) is 16.1 Å². The summed E-state index contributed by atoms with van der Waals surface area (Å²) in [6.07, 6.45) is 1.62. The second-order valence-electron chi connectivity index (χ2n) is 6.88. The van der Waals surface area contributed by atoms with Crippen LogP contribution in [-0.4, -0.2) is 36.1 Å². The smallest absolute Gasteiger partial charge is 0.265 e. The van der Waals surface area contributed by atoms with Crippen molar-refractivity contribution in [3.63, 3.8) is 0 Å². The minimum atomic E-state index is -0.308. The molecule has 11 heteroatoms. The number of amides is 1. The Morgan fingerprint density at radius 2 is 2.27 bits per heavy atom. The highest BCUT2D eigenvalue weighted by molar-refractivity contribution is 7.99. The molecule has 152 valence electrons. The quantitative estimate of drug-likeness (QED) is 0.483. The molecule has 4 heterocycles. The first-order valence-electron chi connectivity index (χ1n) is 9.12. The zero-order chi connectivity index (χ0) is 20.8. The number of carbonyl (C=O) groups excluding carboxylic acids is 1. The summed E-state index contributed by atoms with van der Waals surface area (Å²) in [5.74, 6) is 1.28. The highest BCUT2D eigenvalue weighted by Gasteiger charge is 2.29. The SMILES string of the molecule is Cc1cc(NC(=O)CC2CSc3nc4c(cnn4-c4cccc(Cl)c4)c(=O)n32)no1. The standard InChI is InChI=1S/C19H15ClN6O3S/c1-10-5-15(24-29-10)22-16(27)7-13-9-30-19-23-17-14(18(28)25(13)19)8-21-26(17)12-4-2-3-11(20)6-12/h2-6,8,13H,7,9H2,1H3,(H,22,24,27). The van der Waals surface area contributed by atoms with Gasteiger partial charge in [-0.2, -0.15) is 5.10 Å². The predicted octanol–water partition coefficient (Wildman–Crippen LogP) is 3.21. The van der Waals surface area contributed by atoms with Crippen LogP contribution < -0.4 is 10.9 Å². The van der Waals surface area contributed by atoms with Gasteiger partial charge in [0.2, 0.25) is 5.91 Å². The van der Waals surface area contributed by atoms with Gasteiger partial charge in [0, 0.05) is 23.3 Å². The lowest BCUT2D eigenvalue weighted by Crippen LogP contribution is -2.27. The van der Waals surface area contributed by atoms with E-state index in [-0.39, 0.29) is 23.9 Å². The molecule has 0 saturated heterocycles. The van der Waals surface area contributed by atoms with Crippen LogP contribution in [0.15, 0.2) is 51.0 Å². The third-order valence-electron chi connectivity index (χ3n) is 4.74. The average molecular weight is 443 g/mol. The highest BCUT2D eigenvalue weighted by Crippen LogP contribution is 2.33. The van der Waals surface area contributed by atoms with E-state index < -0.39 is 0 Å². The summed E-state index contributed by atoms with van der Waals surface area (Å²) in [5, 5.41) is 12.3. The molecule has 1 amide bonds. The molecule has 4 aromatic rings. The van der Waals surface area contributed by atoms with Crippen molar-refractivity contribution in [1.82, 2.24) is 24.5 Å². The van der Waals surface area contributed by atoms with Gasteiger partial charge in [-0.25, -0.2) is 9.67 Å². The lowest BCUT2D eigenvalue weighted by molar-refractivity contribution is -0.116. The van der Waals surface area contributed by atoms with Gasteiger partial charge in [0.15, 0.2) is 16.6 Å². The van der Waals surface area contributed by atoms with Crippen LogP contribution in [0.4, 0.5) is 5.82 Å². The number of nitrogens with zero attached hydrogens (tertiary/aromatic N) is 5. The van der Waals surface area contributed by atoms with Crippen LogP contribution in [0.2, 0.25) is 5.02 Å². The largest absolute Gasteiger partial charge is 0.360 e. The predicted molar refractivity (Wildman–Crippen MR) is 112 cm³/mol. The van der Waals surface area contributed by atoms with E-state index in [0.717, 1.165) is 5.69 Å². The fourth-order valence-electron chi connectivity index (χ4n) is 3.41. The van der Waals surface area contributed by atoms with Crippen LogP contribution >= 0.6 is 23.4 Å². The molecule has 0 saturated carbocycles. The lowest BCUT2D eigenvalue weighted by Gasteiger charge is -2.12. The van der Waals surface area contributed by atoms with Gasteiger partial charge < -0.3 is 9.84 Å². The van der Waals surface area contributed by atoms with Crippen LogP contribution in [0.5, 0.6) is 0 Å². The Hall–Kier alpha value is -3.11. The Labute approximate surface area is 179 Å². The molecule has 1 N–H and O–H groups in total. The van der Waals surface area contributed by atoms with Crippen molar-refractivity contribution >= 4 is 46.1 Å². The molecule has 1 unspecified atom stereocenters. The molecule has 1 aromatic carbocycles. The van der Waals surface area contributed by atoms with Crippen molar-refractivity contribution in [2.45, 2.75) is 24.5 Å². The Bertz CT molecular complexity index is 1340. The van der Waals surface area contributed by atoms with Crippen molar-refractivity contribution in [2.75, 3.05) is 11.1 Å². The van der Waals surface area contributed by atoms with Gasteiger partial charge >= 0.3 is 0 Å². The summed E-state index contributed by atoms with van der Waals surface area (Å²) in [5.41, 5.74) is 0.962. The number of carbonyl (C=O) groups is 1. The molecule has 30 heavy (non-hydrogen) atoms. The number of benzene rings is 1. The van der Waals surface area contributed by atoms with Crippen LogP contribution in [-0.2, 0) is 4.79 Å². The number of fused-ring (bicyclic) bond motifs is 2. The van der Waals surface area contributed by atoms with Gasteiger partial charge in [0.05, 0.1) is 17.9 Å². The van der Waals surface area contributed by atoms with Crippen LogP contribution in [0.1, 0.15) is 18.2 Å². The summed E-state index contributed by atoms with van der Waals surface area (Å²) in [6, 6.07) is 8.50.